The van der Waals surface area contributed by atoms with Crippen LogP contribution in [0.1, 0.15) is 11.4 Å². The first kappa shape index (κ1) is 13.4. The second-order valence-corrected chi connectivity index (χ2v) is 4.62. The number of benzene rings is 1. The van der Waals surface area contributed by atoms with Crippen molar-refractivity contribution >= 4 is 28.7 Å². The molecule has 1 N–H and O–H groups in total. The second kappa shape index (κ2) is 4.89. The Hall–Kier alpha value is -2.08. The molecule has 0 saturated carbocycles. The van der Waals surface area contributed by atoms with Gasteiger partial charge in [-0.05, 0) is 19.9 Å². The predicted molar refractivity (Wildman–Crippen MR) is 74.1 cm³/mol. The molecular weight excluding hydrogens is 268 g/mol. The van der Waals surface area contributed by atoms with Crippen LogP contribution < -0.4 is 5.32 Å². The summed E-state index contributed by atoms with van der Waals surface area (Å²) in [7, 11) is 1.85. The number of hydrogen-bond donors (Lipinski definition) is 1. The van der Waals surface area contributed by atoms with Crippen LogP contribution in [0.25, 0.3) is 0 Å². The van der Waals surface area contributed by atoms with Crippen LogP contribution in [0.2, 0.25) is 5.02 Å². The number of nitrogens with one attached hydrogen (secondary N) is 1. The third kappa shape index (κ3) is 2.53. The van der Waals surface area contributed by atoms with Crippen molar-refractivity contribution in [3.05, 3.63) is 44.7 Å². The Labute approximate surface area is 115 Å². The maximum Gasteiger partial charge on any atom is 0.271 e. The lowest BCUT2D eigenvalue weighted by atomic mass is 10.2. The van der Waals surface area contributed by atoms with Gasteiger partial charge in [-0.25, -0.2) is 0 Å². The van der Waals surface area contributed by atoms with Gasteiger partial charge < -0.3 is 5.32 Å². The van der Waals surface area contributed by atoms with E-state index in [4.69, 9.17) is 11.6 Å². The summed E-state index contributed by atoms with van der Waals surface area (Å²) >= 11 is 6.04. The molecule has 1 heterocycles. The van der Waals surface area contributed by atoms with E-state index in [2.05, 4.69) is 10.4 Å². The highest BCUT2D eigenvalue weighted by Crippen LogP contribution is 2.31. The largest absolute Gasteiger partial charge is 0.351 e. The Morgan fingerprint density at radius 3 is 2.58 bits per heavy atom. The molecule has 7 heteroatoms. The second-order valence-electron chi connectivity index (χ2n) is 4.22. The van der Waals surface area contributed by atoms with E-state index in [0.717, 1.165) is 17.1 Å². The third-order valence-electron chi connectivity index (χ3n) is 2.93. The zero-order chi connectivity index (χ0) is 14.2. The Balaban J connectivity index is 2.36. The van der Waals surface area contributed by atoms with Gasteiger partial charge in [0.2, 0.25) is 0 Å². The average Bonchev–Trinajstić information content (AvgIpc) is 2.58. The summed E-state index contributed by atoms with van der Waals surface area (Å²) in [4.78, 5) is 10.2. The zero-order valence-electron chi connectivity index (χ0n) is 10.8. The molecule has 0 aliphatic heterocycles. The molecule has 0 bridgehead atoms. The van der Waals surface area contributed by atoms with Crippen LogP contribution in [-0.2, 0) is 7.05 Å². The van der Waals surface area contributed by atoms with Crippen LogP contribution >= 0.6 is 11.6 Å². The quantitative estimate of drug-likeness (QED) is 0.691. The Bertz CT molecular complexity index is 651. The smallest absolute Gasteiger partial charge is 0.271 e. The van der Waals surface area contributed by atoms with E-state index in [1.54, 1.807) is 10.7 Å². The first-order chi connectivity index (χ1) is 8.90. The molecule has 19 heavy (non-hydrogen) atoms. The number of nitro groups is 1. The molecule has 1 aromatic carbocycles. The van der Waals surface area contributed by atoms with Gasteiger partial charge in [-0.1, -0.05) is 11.6 Å². The molecular formula is C12H13ClN4O2. The summed E-state index contributed by atoms with van der Waals surface area (Å²) in [6.45, 7) is 3.82. The van der Waals surface area contributed by atoms with Crippen molar-refractivity contribution in [3.8, 4) is 0 Å². The summed E-state index contributed by atoms with van der Waals surface area (Å²) in [5, 5.41) is 18.4. The Morgan fingerprint density at radius 1 is 1.42 bits per heavy atom. The molecule has 0 aliphatic rings. The van der Waals surface area contributed by atoms with Gasteiger partial charge in [0.25, 0.3) is 5.69 Å². The van der Waals surface area contributed by atoms with Gasteiger partial charge in [0.1, 0.15) is 0 Å². The minimum atomic E-state index is -0.476. The molecule has 0 unspecified atom stereocenters. The Kier molecular flexibility index (Phi) is 3.44. The van der Waals surface area contributed by atoms with Crippen molar-refractivity contribution in [1.82, 2.24) is 9.78 Å². The molecule has 6 nitrogen and oxygen atoms in total. The highest BCUT2D eigenvalue weighted by molar-refractivity contribution is 6.33. The summed E-state index contributed by atoms with van der Waals surface area (Å²) in [6.07, 6.45) is 0. The summed E-state index contributed by atoms with van der Waals surface area (Å²) in [6, 6.07) is 4.33. The topological polar surface area (TPSA) is 73.0 Å². The van der Waals surface area contributed by atoms with Gasteiger partial charge in [-0.3, -0.25) is 14.8 Å². The summed E-state index contributed by atoms with van der Waals surface area (Å²) in [5.41, 5.74) is 3.25. The standard InChI is InChI=1S/C12H13ClN4O2/c1-7-12(8(2)16(3)15-7)14-11-5-4-9(17(18)19)6-10(11)13/h4-6,14H,1-3H3. The monoisotopic (exact) mass is 280 g/mol. The highest BCUT2D eigenvalue weighted by atomic mass is 35.5. The fraction of sp³-hybridized carbons (Fsp3) is 0.250. The van der Waals surface area contributed by atoms with Crippen LogP contribution in [0.3, 0.4) is 0 Å². The zero-order valence-corrected chi connectivity index (χ0v) is 11.5. The summed E-state index contributed by atoms with van der Waals surface area (Å²) < 4.78 is 1.76. The normalized spacial score (nSPS) is 10.5. The predicted octanol–water partition coefficient (Wildman–Crippen LogP) is 3.34. The van der Waals surface area contributed by atoms with E-state index >= 15 is 0 Å². The molecule has 0 amide bonds. The molecule has 0 atom stereocenters. The van der Waals surface area contributed by atoms with Crippen LogP contribution in [0.5, 0.6) is 0 Å². The number of anilines is 2. The van der Waals surface area contributed by atoms with Gasteiger partial charge >= 0.3 is 0 Å². The number of non-ortho nitro benzene ring substituents is 1. The van der Waals surface area contributed by atoms with E-state index in [0.29, 0.717) is 10.7 Å². The van der Waals surface area contributed by atoms with Gasteiger partial charge in [0, 0.05) is 19.2 Å². The highest BCUT2D eigenvalue weighted by Gasteiger charge is 2.13. The van der Waals surface area contributed by atoms with Crippen molar-refractivity contribution in [3.63, 3.8) is 0 Å². The first-order valence-electron chi connectivity index (χ1n) is 5.61. The van der Waals surface area contributed by atoms with E-state index in [1.165, 1.54) is 12.1 Å². The molecule has 100 valence electrons. The van der Waals surface area contributed by atoms with Gasteiger partial charge in [0.05, 0.1) is 32.7 Å². The number of rotatable bonds is 3. The maximum atomic E-state index is 10.6. The molecule has 0 aliphatic carbocycles. The number of nitro benzene ring substituents is 1. The third-order valence-corrected chi connectivity index (χ3v) is 3.24. The number of aromatic nitrogens is 2. The van der Waals surface area contributed by atoms with Crippen molar-refractivity contribution < 1.29 is 4.92 Å². The van der Waals surface area contributed by atoms with Crippen LogP contribution in [0.4, 0.5) is 17.1 Å². The van der Waals surface area contributed by atoms with Crippen LogP contribution in [0.15, 0.2) is 18.2 Å². The molecule has 0 saturated heterocycles. The fourth-order valence-electron chi connectivity index (χ4n) is 1.81. The molecule has 1 aromatic heterocycles. The minimum Gasteiger partial charge on any atom is -0.351 e. The van der Waals surface area contributed by atoms with E-state index in [1.807, 2.05) is 20.9 Å². The molecule has 2 aromatic rings. The molecule has 0 radical (unpaired) electrons. The van der Waals surface area contributed by atoms with Crippen molar-refractivity contribution in [2.45, 2.75) is 13.8 Å². The van der Waals surface area contributed by atoms with Gasteiger partial charge in [-0.15, -0.1) is 0 Å². The average molecular weight is 281 g/mol. The number of nitrogens with zero attached hydrogens (tertiary/aromatic N) is 3. The number of aryl methyl sites for hydroxylation is 2. The van der Waals surface area contributed by atoms with Gasteiger partial charge in [-0.2, -0.15) is 5.10 Å². The SMILES string of the molecule is Cc1nn(C)c(C)c1Nc1ccc([N+](=O)[O-])cc1Cl. The van der Waals surface area contributed by atoms with Crippen molar-refractivity contribution in [2.75, 3.05) is 5.32 Å². The Morgan fingerprint density at radius 2 is 2.11 bits per heavy atom. The first-order valence-corrected chi connectivity index (χ1v) is 5.99. The van der Waals surface area contributed by atoms with Crippen LogP contribution in [0, 0.1) is 24.0 Å². The van der Waals surface area contributed by atoms with E-state index in [-0.39, 0.29) is 5.69 Å². The van der Waals surface area contributed by atoms with E-state index in [9.17, 15) is 10.1 Å². The van der Waals surface area contributed by atoms with Crippen LogP contribution in [-0.4, -0.2) is 14.7 Å². The lowest BCUT2D eigenvalue weighted by molar-refractivity contribution is -0.384. The van der Waals surface area contributed by atoms with Crippen molar-refractivity contribution in [1.29, 1.82) is 0 Å². The number of halogens is 1. The number of hydrogen-bond acceptors (Lipinski definition) is 4. The lowest BCUT2D eigenvalue weighted by Crippen LogP contribution is -1.97. The van der Waals surface area contributed by atoms with E-state index < -0.39 is 4.92 Å². The van der Waals surface area contributed by atoms with Gasteiger partial charge in [0.15, 0.2) is 0 Å². The molecule has 0 spiro atoms. The maximum absolute atomic E-state index is 10.6. The van der Waals surface area contributed by atoms with Crippen molar-refractivity contribution in [2.24, 2.45) is 7.05 Å². The molecule has 2 rings (SSSR count). The minimum absolute atomic E-state index is 0.0322. The lowest BCUT2D eigenvalue weighted by Gasteiger charge is -2.08. The summed E-state index contributed by atoms with van der Waals surface area (Å²) in [5.74, 6) is 0. The fourth-order valence-corrected chi connectivity index (χ4v) is 2.03. The molecule has 0 fully saturated rings.